The van der Waals surface area contributed by atoms with Gasteiger partial charge in [-0.2, -0.15) is 13.2 Å². The molecule has 0 saturated carbocycles. The van der Waals surface area contributed by atoms with E-state index >= 15 is 0 Å². The molecule has 12 heteroatoms. The zero-order chi connectivity index (χ0) is 23.5. The minimum Gasteiger partial charge on any atom is -0.450 e. The highest BCUT2D eigenvalue weighted by Crippen LogP contribution is 2.34. The predicted octanol–water partition coefficient (Wildman–Crippen LogP) is 6.75. The van der Waals surface area contributed by atoms with E-state index in [0.717, 1.165) is 12.2 Å². The first-order valence-corrected chi connectivity index (χ1v) is 10.5. The zero-order valence-corrected chi connectivity index (χ0v) is 19.5. The van der Waals surface area contributed by atoms with Crippen LogP contribution in [0.25, 0.3) is 12.2 Å². The van der Waals surface area contributed by atoms with Crippen molar-refractivity contribution in [2.75, 3.05) is 4.90 Å². The molecule has 0 fully saturated rings. The molecule has 0 unspecified atom stereocenters. The van der Waals surface area contributed by atoms with Crippen molar-refractivity contribution in [1.29, 1.82) is 0 Å². The van der Waals surface area contributed by atoms with E-state index in [-0.39, 0.29) is 0 Å². The maximum atomic E-state index is 12.9. The van der Waals surface area contributed by atoms with Crippen molar-refractivity contribution in [3.8, 4) is 0 Å². The van der Waals surface area contributed by atoms with Gasteiger partial charge in [0.1, 0.15) is 11.5 Å². The fourth-order valence-corrected chi connectivity index (χ4v) is 3.25. The lowest BCUT2D eigenvalue weighted by atomic mass is 10.2. The van der Waals surface area contributed by atoms with E-state index in [1.54, 1.807) is 24.3 Å². The molecule has 6 nitrogen and oxygen atoms in total. The maximum Gasteiger partial charge on any atom is 0.417 e. The normalized spacial score (nSPS) is 12.1. The fourth-order valence-electron chi connectivity index (χ4n) is 2.36. The number of hydrogen-bond acceptors (Lipinski definition) is 5. The molecule has 0 aliphatic rings. The predicted molar refractivity (Wildman–Crippen MR) is 118 cm³/mol. The molecule has 0 N–H and O–H groups in total. The van der Waals surface area contributed by atoms with Crippen LogP contribution in [0.4, 0.5) is 19.0 Å². The summed E-state index contributed by atoms with van der Waals surface area (Å²) in [4.78, 5) is 29.7. The summed E-state index contributed by atoms with van der Waals surface area (Å²) in [5.74, 6) is -1.71. The second-order valence-corrected chi connectivity index (χ2v) is 7.96. The van der Waals surface area contributed by atoms with Crippen LogP contribution >= 0.6 is 43.5 Å². The number of halogens is 6. The number of nitrogens with zero attached hydrogens (tertiary/aromatic N) is 2. The third kappa shape index (κ3) is 5.99. The van der Waals surface area contributed by atoms with Gasteiger partial charge in [-0.15, -0.1) is 0 Å². The van der Waals surface area contributed by atoms with Crippen LogP contribution in [0, 0.1) is 0 Å². The van der Waals surface area contributed by atoms with Crippen molar-refractivity contribution in [3.63, 3.8) is 0 Å². The summed E-state index contributed by atoms with van der Waals surface area (Å²) >= 11 is 12.2. The molecular formula is C20H10Br2ClF3N2O4. The standard InChI is InChI=1S/C20H10Br2ClF3N2O4/c21-15-5-1-12(31-15)3-7-17(29)28(18(30)8-4-13-2-6-16(22)32-13)19-14(23)9-11(10-27-19)20(24,25)26/h1-10H/b7-3+,8-4+. The number of amides is 2. The van der Waals surface area contributed by atoms with Crippen molar-refractivity contribution in [3.05, 3.63) is 80.1 Å². The van der Waals surface area contributed by atoms with Crippen molar-refractivity contribution in [1.82, 2.24) is 4.98 Å². The van der Waals surface area contributed by atoms with E-state index in [1.165, 1.54) is 12.2 Å². The Kier molecular flexibility index (Phi) is 7.42. The Morgan fingerprint density at radius 1 is 0.969 bits per heavy atom. The van der Waals surface area contributed by atoms with Crippen LogP contribution in [-0.4, -0.2) is 16.8 Å². The average Bonchev–Trinajstić information content (AvgIpc) is 3.33. The van der Waals surface area contributed by atoms with Gasteiger partial charge in [0.2, 0.25) is 0 Å². The molecule has 3 aromatic heterocycles. The van der Waals surface area contributed by atoms with Crippen LogP contribution in [0.3, 0.4) is 0 Å². The number of anilines is 1. The third-order valence-electron chi connectivity index (χ3n) is 3.77. The molecule has 3 rings (SSSR count). The molecule has 0 atom stereocenters. The molecule has 0 bridgehead atoms. The van der Waals surface area contributed by atoms with E-state index in [4.69, 9.17) is 20.4 Å². The Balaban J connectivity index is 1.96. The van der Waals surface area contributed by atoms with Gasteiger partial charge in [-0.3, -0.25) is 9.59 Å². The first-order valence-electron chi connectivity index (χ1n) is 8.52. The molecule has 0 aliphatic carbocycles. The number of hydrogen-bond donors (Lipinski definition) is 0. The first-order chi connectivity index (χ1) is 15.0. The van der Waals surface area contributed by atoms with Gasteiger partial charge in [-0.25, -0.2) is 9.88 Å². The Bertz CT molecular complexity index is 1160. The molecule has 0 aromatic carbocycles. The van der Waals surface area contributed by atoms with E-state index in [9.17, 15) is 22.8 Å². The second kappa shape index (κ2) is 9.88. The lowest BCUT2D eigenvalue weighted by Crippen LogP contribution is -2.35. The average molecular weight is 595 g/mol. The number of carbonyl (C=O) groups is 2. The van der Waals surface area contributed by atoms with E-state index < -0.39 is 34.4 Å². The summed E-state index contributed by atoms with van der Waals surface area (Å²) in [6, 6.07) is 6.87. The van der Waals surface area contributed by atoms with Crippen LogP contribution in [0.2, 0.25) is 5.02 Å². The van der Waals surface area contributed by atoms with Crippen LogP contribution in [0.1, 0.15) is 17.1 Å². The molecular weight excluding hydrogens is 584 g/mol. The minimum atomic E-state index is -4.70. The van der Waals surface area contributed by atoms with Gasteiger partial charge in [0.15, 0.2) is 15.2 Å². The lowest BCUT2D eigenvalue weighted by molar-refractivity contribution is -0.137. The van der Waals surface area contributed by atoms with Crippen molar-refractivity contribution in [2.45, 2.75) is 6.18 Å². The van der Waals surface area contributed by atoms with Crippen LogP contribution < -0.4 is 4.90 Å². The van der Waals surface area contributed by atoms with Crippen LogP contribution in [0.5, 0.6) is 0 Å². The van der Waals surface area contributed by atoms with E-state index in [1.807, 2.05) is 0 Å². The highest BCUT2D eigenvalue weighted by Gasteiger charge is 2.33. The Morgan fingerprint density at radius 2 is 1.47 bits per heavy atom. The van der Waals surface area contributed by atoms with Crippen molar-refractivity contribution >= 4 is 73.2 Å². The van der Waals surface area contributed by atoms with E-state index in [2.05, 4.69) is 36.8 Å². The molecule has 0 saturated heterocycles. The summed E-state index contributed by atoms with van der Waals surface area (Å²) in [6.45, 7) is 0. The van der Waals surface area contributed by atoms with Gasteiger partial charge in [-0.05, 0) is 74.3 Å². The summed E-state index contributed by atoms with van der Waals surface area (Å²) in [7, 11) is 0. The summed E-state index contributed by atoms with van der Waals surface area (Å²) in [6.07, 6.45) is 0.326. The SMILES string of the molecule is O=C(/C=C/c1ccc(Br)o1)N(C(=O)/C=C/c1ccc(Br)o1)c1ncc(C(F)(F)F)cc1Cl. The second-order valence-electron chi connectivity index (χ2n) is 5.99. The Hall–Kier alpha value is -2.63. The van der Waals surface area contributed by atoms with Gasteiger partial charge < -0.3 is 8.83 Å². The number of furan rings is 2. The Labute approximate surface area is 200 Å². The zero-order valence-electron chi connectivity index (χ0n) is 15.6. The lowest BCUT2D eigenvalue weighted by Gasteiger charge is -2.18. The molecule has 3 heterocycles. The topological polar surface area (TPSA) is 76.6 Å². The quantitative estimate of drug-likeness (QED) is 0.306. The smallest absolute Gasteiger partial charge is 0.417 e. The van der Waals surface area contributed by atoms with Gasteiger partial charge in [0.25, 0.3) is 11.8 Å². The molecule has 0 radical (unpaired) electrons. The Morgan fingerprint density at radius 3 is 1.84 bits per heavy atom. The highest BCUT2D eigenvalue weighted by atomic mass is 79.9. The monoisotopic (exact) mass is 592 g/mol. The first kappa shape index (κ1) is 24.0. The third-order valence-corrected chi connectivity index (χ3v) is 4.90. The largest absolute Gasteiger partial charge is 0.450 e. The van der Waals surface area contributed by atoms with E-state index in [0.29, 0.717) is 38.0 Å². The van der Waals surface area contributed by atoms with Gasteiger partial charge in [-0.1, -0.05) is 11.6 Å². The number of aromatic nitrogens is 1. The molecule has 32 heavy (non-hydrogen) atoms. The van der Waals surface area contributed by atoms with Crippen molar-refractivity contribution in [2.24, 2.45) is 0 Å². The number of alkyl halides is 3. The number of pyridine rings is 1. The maximum absolute atomic E-state index is 12.9. The molecule has 0 spiro atoms. The summed E-state index contributed by atoms with van der Waals surface area (Å²) in [5, 5.41) is -0.537. The van der Waals surface area contributed by atoms with Crippen LogP contribution in [0.15, 0.2) is 66.9 Å². The molecule has 3 aromatic rings. The van der Waals surface area contributed by atoms with Gasteiger partial charge in [0, 0.05) is 18.3 Å². The number of imide groups is 1. The number of carbonyl (C=O) groups excluding carboxylic acids is 2. The highest BCUT2D eigenvalue weighted by molar-refractivity contribution is 9.10. The molecule has 2 amide bonds. The van der Waals surface area contributed by atoms with Gasteiger partial charge >= 0.3 is 6.18 Å². The molecule has 0 aliphatic heterocycles. The van der Waals surface area contributed by atoms with Gasteiger partial charge in [0.05, 0.1) is 10.6 Å². The fraction of sp³-hybridized carbons (Fsp3) is 0.0500. The summed E-state index contributed by atoms with van der Waals surface area (Å²) < 4.78 is 50.1. The van der Waals surface area contributed by atoms with Crippen LogP contribution in [-0.2, 0) is 15.8 Å². The van der Waals surface area contributed by atoms with Crippen molar-refractivity contribution < 1.29 is 31.6 Å². The number of rotatable bonds is 5. The molecule has 166 valence electrons. The summed E-state index contributed by atoms with van der Waals surface area (Å²) in [5.41, 5.74) is -1.13. The minimum absolute atomic E-state index is 0.292.